The van der Waals surface area contributed by atoms with E-state index in [1.54, 1.807) is 12.1 Å². The van der Waals surface area contributed by atoms with Crippen LogP contribution in [0.2, 0.25) is 0 Å². The molecule has 2 aromatic rings. The summed E-state index contributed by atoms with van der Waals surface area (Å²) in [6.07, 6.45) is 5.68. The molecule has 1 amide bonds. The number of esters is 1. The summed E-state index contributed by atoms with van der Waals surface area (Å²) in [7, 11) is 0. The maximum absolute atomic E-state index is 12.1. The maximum Gasteiger partial charge on any atom is 0.331 e. The summed E-state index contributed by atoms with van der Waals surface area (Å²) in [5.74, 6) is -0.372. The van der Waals surface area contributed by atoms with Crippen molar-refractivity contribution in [1.82, 2.24) is 5.32 Å². The molecule has 0 aliphatic heterocycles. The van der Waals surface area contributed by atoms with E-state index in [0.29, 0.717) is 10.4 Å². The van der Waals surface area contributed by atoms with E-state index in [0.717, 1.165) is 24.8 Å². The highest BCUT2D eigenvalue weighted by molar-refractivity contribution is 9.10. The van der Waals surface area contributed by atoms with Gasteiger partial charge in [0.05, 0.1) is 6.04 Å². The van der Waals surface area contributed by atoms with E-state index in [4.69, 9.17) is 9.15 Å². The zero-order valence-corrected chi connectivity index (χ0v) is 15.1. The molecule has 0 spiro atoms. The van der Waals surface area contributed by atoms with E-state index in [1.165, 1.54) is 17.7 Å². The van der Waals surface area contributed by atoms with Gasteiger partial charge in [-0.3, -0.25) is 4.79 Å². The molecule has 0 fully saturated rings. The lowest BCUT2D eigenvalue weighted by Crippen LogP contribution is -2.34. The molecule has 6 heteroatoms. The third-order valence-electron chi connectivity index (χ3n) is 4.03. The summed E-state index contributed by atoms with van der Waals surface area (Å²) >= 11 is 3.18. The van der Waals surface area contributed by atoms with Crippen LogP contribution in [-0.2, 0) is 20.7 Å². The minimum Gasteiger partial charge on any atom is -0.452 e. The number of ether oxygens (including phenoxy) is 1. The van der Waals surface area contributed by atoms with E-state index in [2.05, 4.69) is 27.3 Å². The van der Waals surface area contributed by atoms with Crippen molar-refractivity contribution >= 4 is 33.9 Å². The molecule has 3 rings (SSSR count). The Bertz CT molecular complexity index is 796. The highest BCUT2D eigenvalue weighted by Crippen LogP contribution is 2.29. The van der Waals surface area contributed by atoms with Crippen molar-refractivity contribution in [2.24, 2.45) is 0 Å². The fourth-order valence-corrected chi connectivity index (χ4v) is 3.21. The minimum absolute atomic E-state index is 0.0211. The largest absolute Gasteiger partial charge is 0.452 e. The van der Waals surface area contributed by atoms with Gasteiger partial charge in [0.2, 0.25) is 0 Å². The summed E-state index contributed by atoms with van der Waals surface area (Å²) in [6.45, 7) is -0.302. The van der Waals surface area contributed by atoms with Crippen LogP contribution in [0, 0.1) is 0 Å². The lowest BCUT2D eigenvalue weighted by molar-refractivity contribution is -0.144. The van der Waals surface area contributed by atoms with Crippen molar-refractivity contribution in [3.05, 3.63) is 64.0 Å². The number of furan rings is 1. The van der Waals surface area contributed by atoms with Gasteiger partial charge in [-0.05, 0) is 64.5 Å². The molecule has 0 saturated heterocycles. The van der Waals surface area contributed by atoms with Crippen LogP contribution >= 0.6 is 15.9 Å². The van der Waals surface area contributed by atoms with Gasteiger partial charge in [-0.15, -0.1) is 0 Å². The Kier molecular flexibility index (Phi) is 5.71. The molecule has 1 aromatic carbocycles. The second kappa shape index (κ2) is 8.16. The summed E-state index contributed by atoms with van der Waals surface area (Å²) in [6, 6.07) is 11.5. The van der Waals surface area contributed by atoms with Gasteiger partial charge in [-0.2, -0.15) is 0 Å². The molecule has 1 aliphatic rings. The topological polar surface area (TPSA) is 68.5 Å². The van der Waals surface area contributed by atoms with E-state index in [-0.39, 0.29) is 18.6 Å². The van der Waals surface area contributed by atoms with Gasteiger partial charge in [-0.1, -0.05) is 24.3 Å². The Morgan fingerprint density at radius 3 is 2.92 bits per heavy atom. The summed E-state index contributed by atoms with van der Waals surface area (Å²) in [5, 5.41) is 2.94. The Morgan fingerprint density at radius 1 is 1.28 bits per heavy atom. The van der Waals surface area contributed by atoms with Gasteiger partial charge < -0.3 is 14.5 Å². The van der Waals surface area contributed by atoms with E-state index in [9.17, 15) is 9.59 Å². The monoisotopic (exact) mass is 403 g/mol. The van der Waals surface area contributed by atoms with Gasteiger partial charge in [0.25, 0.3) is 5.91 Å². The van der Waals surface area contributed by atoms with Crippen molar-refractivity contribution in [2.75, 3.05) is 6.61 Å². The third-order valence-corrected chi connectivity index (χ3v) is 4.45. The average Bonchev–Trinajstić information content (AvgIpc) is 3.04. The zero-order chi connectivity index (χ0) is 17.6. The lowest BCUT2D eigenvalue weighted by atomic mass is 9.88. The molecule has 0 radical (unpaired) electrons. The number of hydrogen-bond acceptors (Lipinski definition) is 4. The minimum atomic E-state index is -0.591. The Balaban J connectivity index is 1.48. The first-order valence-electron chi connectivity index (χ1n) is 8.09. The number of fused-ring (bicyclic) bond motifs is 1. The fourth-order valence-electron chi connectivity index (χ4n) is 2.89. The van der Waals surface area contributed by atoms with Crippen LogP contribution in [0.3, 0.4) is 0 Å². The molecule has 0 unspecified atom stereocenters. The first-order valence-corrected chi connectivity index (χ1v) is 8.88. The Labute approximate surface area is 154 Å². The molecular weight excluding hydrogens is 386 g/mol. The molecule has 25 heavy (non-hydrogen) atoms. The number of rotatable bonds is 5. The second-order valence-electron chi connectivity index (χ2n) is 5.79. The smallest absolute Gasteiger partial charge is 0.331 e. The molecule has 130 valence electrons. The quantitative estimate of drug-likeness (QED) is 0.608. The number of amides is 1. The summed E-state index contributed by atoms with van der Waals surface area (Å²) in [4.78, 5) is 23.7. The normalized spacial score (nSPS) is 16.4. The van der Waals surface area contributed by atoms with Crippen molar-refractivity contribution in [2.45, 2.75) is 25.3 Å². The molecule has 0 saturated carbocycles. The number of nitrogens with one attached hydrogen (secondary N) is 1. The Hall–Kier alpha value is -2.34. The first-order chi connectivity index (χ1) is 12.1. The van der Waals surface area contributed by atoms with Crippen molar-refractivity contribution in [3.8, 4) is 0 Å². The van der Waals surface area contributed by atoms with Gasteiger partial charge >= 0.3 is 5.97 Å². The molecule has 5 nitrogen and oxygen atoms in total. The van der Waals surface area contributed by atoms with Crippen molar-refractivity contribution in [1.29, 1.82) is 0 Å². The van der Waals surface area contributed by atoms with Crippen LogP contribution in [0.4, 0.5) is 0 Å². The fraction of sp³-hybridized carbons (Fsp3) is 0.263. The van der Waals surface area contributed by atoms with E-state index >= 15 is 0 Å². The van der Waals surface area contributed by atoms with Crippen LogP contribution in [0.15, 0.2) is 51.6 Å². The van der Waals surface area contributed by atoms with Gasteiger partial charge in [0.15, 0.2) is 11.3 Å². The van der Waals surface area contributed by atoms with E-state index in [1.807, 2.05) is 18.2 Å². The Morgan fingerprint density at radius 2 is 2.12 bits per heavy atom. The van der Waals surface area contributed by atoms with Gasteiger partial charge in [0.1, 0.15) is 5.76 Å². The number of aryl methyl sites for hydroxylation is 1. The van der Waals surface area contributed by atoms with Crippen LogP contribution in [-0.4, -0.2) is 18.5 Å². The number of hydrogen-bond donors (Lipinski definition) is 1. The van der Waals surface area contributed by atoms with Crippen molar-refractivity contribution < 1.29 is 18.7 Å². The van der Waals surface area contributed by atoms with Crippen LogP contribution in [0.5, 0.6) is 0 Å². The second-order valence-corrected chi connectivity index (χ2v) is 6.58. The molecule has 1 heterocycles. The molecule has 1 aliphatic carbocycles. The van der Waals surface area contributed by atoms with E-state index < -0.39 is 5.97 Å². The number of benzene rings is 1. The summed E-state index contributed by atoms with van der Waals surface area (Å²) < 4.78 is 10.8. The molecule has 1 N–H and O–H groups in total. The number of carbonyl (C=O) groups excluding carboxylic acids is 2. The SMILES string of the molecule is O=C(COC(=O)/C=C/c1ccc(Br)o1)N[C@@H]1CCCc2ccccc21. The lowest BCUT2D eigenvalue weighted by Gasteiger charge is -2.26. The average molecular weight is 404 g/mol. The van der Waals surface area contributed by atoms with Crippen LogP contribution < -0.4 is 5.32 Å². The molecule has 1 atom stereocenters. The predicted molar refractivity (Wildman–Crippen MR) is 96.7 cm³/mol. The number of halogens is 1. The van der Waals surface area contributed by atoms with Crippen LogP contribution in [0.25, 0.3) is 6.08 Å². The molecule has 0 bridgehead atoms. The highest BCUT2D eigenvalue weighted by atomic mass is 79.9. The summed E-state index contributed by atoms with van der Waals surface area (Å²) in [5.41, 5.74) is 2.42. The molecular formula is C19H18BrNO4. The molecule has 1 aromatic heterocycles. The van der Waals surface area contributed by atoms with Crippen molar-refractivity contribution in [3.63, 3.8) is 0 Å². The third kappa shape index (κ3) is 4.82. The first kappa shape index (κ1) is 17.5. The maximum atomic E-state index is 12.1. The highest BCUT2D eigenvalue weighted by Gasteiger charge is 2.21. The standard InChI is InChI=1S/C19H18BrNO4/c20-17-10-8-14(25-17)9-11-19(23)24-12-18(22)21-16-7-3-5-13-4-1-2-6-15(13)16/h1-2,4,6,8-11,16H,3,5,7,12H2,(H,21,22)/b11-9+/t16-/m1/s1. The van der Waals surface area contributed by atoms with Gasteiger partial charge in [-0.25, -0.2) is 4.79 Å². The van der Waals surface area contributed by atoms with Gasteiger partial charge in [0, 0.05) is 6.08 Å². The zero-order valence-electron chi connectivity index (χ0n) is 13.5. The predicted octanol–water partition coefficient (Wildman–Crippen LogP) is 3.79. The van der Waals surface area contributed by atoms with Crippen LogP contribution in [0.1, 0.15) is 35.8 Å². The number of carbonyl (C=O) groups is 2.